The van der Waals surface area contributed by atoms with E-state index >= 15 is 0 Å². The summed E-state index contributed by atoms with van der Waals surface area (Å²) in [5.74, 6) is 0.540. The van der Waals surface area contributed by atoms with Gasteiger partial charge in [-0.05, 0) is 12.8 Å². The lowest BCUT2D eigenvalue weighted by Gasteiger charge is -2.05. The standard InChI is InChI=1S/C8H10N4O2/c9-7-3-6(12(13)14)4-10-8(7)11-5-1-2-5/h3-5H,1-2,9H2,(H,10,11). The average molecular weight is 194 g/mol. The lowest BCUT2D eigenvalue weighted by molar-refractivity contribution is -0.385. The Morgan fingerprint density at radius 2 is 2.36 bits per heavy atom. The van der Waals surface area contributed by atoms with Crippen LogP contribution < -0.4 is 11.1 Å². The number of nitrogens with one attached hydrogen (secondary N) is 1. The van der Waals surface area contributed by atoms with Crippen LogP contribution >= 0.6 is 0 Å². The molecule has 1 aromatic heterocycles. The van der Waals surface area contributed by atoms with Crippen molar-refractivity contribution in [2.75, 3.05) is 11.1 Å². The predicted octanol–water partition coefficient (Wildman–Crippen LogP) is 1.15. The Labute approximate surface area is 80.3 Å². The van der Waals surface area contributed by atoms with Crippen LogP contribution in [0.5, 0.6) is 0 Å². The van der Waals surface area contributed by atoms with Crippen molar-refractivity contribution in [2.24, 2.45) is 0 Å². The number of nitrogen functional groups attached to an aromatic ring is 1. The van der Waals surface area contributed by atoms with Gasteiger partial charge in [0.05, 0.1) is 10.6 Å². The van der Waals surface area contributed by atoms with Gasteiger partial charge in [-0.3, -0.25) is 10.1 Å². The zero-order chi connectivity index (χ0) is 10.1. The molecule has 1 fully saturated rings. The third-order valence-corrected chi connectivity index (χ3v) is 2.03. The fraction of sp³-hybridized carbons (Fsp3) is 0.375. The topological polar surface area (TPSA) is 94.1 Å². The van der Waals surface area contributed by atoms with Crippen LogP contribution in [0.4, 0.5) is 17.2 Å². The van der Waals surface area contributed by atoms with E-state index in [1.165, 1.54) is 12.3 Å². The summed E-state index contributed by atoms with van der Waals surface area (Å²) in [6.45, 7) is 0. The molecular formula is C8H10N4O2. The molecule has 1 heterocycles. The lowest BCUT2D eigenvalue weighted by Crippen LogP contribution is -2.06. The van der Waals surface area contributed by atoms with Crippen LogP contribution in [0.15, 0.2) is 12.3 Å². The monoisotopic (exact) mass is 194 g/mol. The van der Waals surface area contributed by atoms with E-state index in [1.807, 2.05) is 0 Å². The summed E-state index contributed by atoms with van der Waals surface area (Å²) in [7, 11) is 0. The van der Waals surface area contributed by atoms with Gasteiger partial charge in [-0.2, -0.15) is 0 Å². The summed E-state index contributed by atoms with van der Waals surface area (Å²) in [5.41, 5.74) is 5.85. The molecule has 2 rings (SSSR count). The first-order chi connectivity index (χ1) is 6.66. The minimum Gasteiger partial charge on any atom is -0.396 e. The summed E-state index contributed by atoms with van der Waals surface area (Å²) in [5, 5.41) is 13.5. The van der Waals surface area contributed by atoms with E-state index in [-0.39, 0.29) is 5.69 Å². The molecule has 1 aliphatic carbocycles. The molecule has 1 saturated carbocycles. The molecule has 0 bridgehead atoms. The maximum Gasteiger partial charge on any atom is 0.289 e. The second kappa shape index (κ2) is 3.13. The average Bonchev–Trinajstić information content (AvgIpc) is 2.92. The summed E-state index contributed by atoms with van der Waals surface area (Å²) < 4.78 is 0. The number of anilines is 2. The largest absolute Gasteiger partial charge is 0.396 e. The first-order valence-electron chi connectivity index (χ1n) is 4.33. The van der Waals surface area contributed by atoms with E-state index < -0.39 is 4.92 Å². The summed E-state index contributed by atoms with van der Waals surface area (Å²) in [6.07, 6.45) is 3.43. The van der Waals surface area contributed by atoms with E-state index in [0.29, 0.717) is 17.5 Å². The van der Waals surface area contributed by atoms with E-state index in [2.05, 4.69) is 10.3 Å². The van der Waals surface area contributed by atoms with Crippen LogP contribution in [0.2, 0.25) is 0 Å². The Morgan fingerprint density at radius 1 is 1.64 bits per heavy atom. The van der Waals surface area contributed by atoms with E-state index in [9.17, 15) is 10.1 Å². The number of aromatic nitrogens is 1. The first kappa shape index (κ1) is 8.74. The number of hydrogen-bond donors (Lipinski definition) is 2. The van der Waals surface area contributed by atoms with Gasteiger partial charge in [-0.15, -0.1) is 0 Å². The Morgan fingerprint density at radius 3 is 2.86 bits per heavy atom. The van der Waals surface area contributed by atoms with Crippen LogP contribution in [-0.2, 0) is 0 Å². The van der Waals surface area contributed by atoms with Gasteiger partial charge in [0.15, 0.2) is 0 Å². The van der Waals surface area contributed by atoms with Gasteiger partial charge in [-0.25, -0.2) is 4.98 Å². The molecular weight excluding hydrogens is 184 g/mol. The number of rotatable bonds is 3. The Hall–Kier alpha value is -1.85. The number of nitro groups is 1. The predicted molar refractivity (Wildman–Crippen MR) is 51.9 cm³/mol. The fourth-order valence-electron chi connectivity index (χ4n) is 1.11. The van der Waals surface area contributed by atoms with Crippen molar-refractivity contribution in [3.63, 3.8) is 0 Å². The van der Waals surface area contributed by atoms with E-state index in [4.69, 9.17) is 5.73 Å². The second-order valence-corrected chi connectivity index (χ2v) is 3.31. The molecule has 1 aromatic rings. The van der Waals surface area contributed by atoms with Gasteiger partial charge < -0.3 is 11.1 Å². The third kappa shape index (κ3) is 1.73. The van der Waals surface area contributed by atoms with Gasteiger partial charge >= 0.3 is 0 Å². The van der Waals surface area contributed by atoms with Crippen molar-refractivity contribution in [3.8, 4) is 0 Å². The maximum atomic E-state index is 10.4. The SMILES string of the molecule is Nc1cc([N+](=O)[O-])cnc1NC1CC1. The third-order valence-electron chi connectivity index (χ3n) is 2.03. The number of nitrogens with two attached hydrogens (primary N) is 1. The number of hydrogen-bond acceptors (Lipinski definition) is 5. The maximum absolute atomic E-state index is 10.4. The Balaban J connectivity index is 2.21. The smallest absolute Gasteiger partial charge is 0.289 e. The zero-order valence-electron chi connectivity index (χ0n) is 7.43. The summed E-state index contributed by atoms with van der Waals surface area (Å²) in [4.78, 5) is 13.8. The molecule has 74 valence electrons. The number of pyridine rings is 1. The van der Waals surface area contributed by atoms with Crippen LogP contribution in [0.3, 0.4) is 0 Å². The molecule has 0 saturated heterocycles. The van der Waals surface area contributed by atoms with Crippen molar-refractivity contribution < 1.29 is 4.92 Å². The fourth-order valence-corrected chi connectivity index (χ4v) is 1.11. The molecule has 1 aliphatic rings. The zero-order valence-corrected chi connectivity index (χ0v) is 7.43. The molecule has 0 radical (unpaired) electrons. The Kier molecular flexibility index (Phi) is 1.95. The molecule has 0 aromatic carbocycles. The quantitative estimate of drug-likeness (QED) is 0.556. The highest BCUT2D eigenvalue weighted by molar-refractivity contribution is 5.64. The summed E-state index contributed by atoms with van der Waals surface area (Å²) in [6, 6.07) is 1.75. The molecule has 3 N–H and O–H groups in total. The molecule has 6 nitrogen and oxygen atoms in total. The van der Waals surface area contributed by atoms with Crippen LogP contribution in [0.1, 0.15) is 12.8 Å². The lowest BCUT2D eigenvalue weighted by atomic mass is 10.3. The molecule has 0 aliphatic heterocycles. The molecule has 0 atom stereocenters. The molecule has 0 amide bonds. The van der Waals surface area contributed by atoms with Crippen molar-refractivity contribution in [2.45, 2.75) is 18.9 Å². The number of nitrogens with zero attached hydrogens (tertiary/aromatic N) is 2. The van der Waals surface area contributed by atoms with Crippen LogP contribution in [0, 0.1) is 10.1 Å². The second-order valence-electron chi connectivity index (χ2n) is 3.31. The highest BCUT2D eigenvalue weighted by Gasteiger charge is 2.22. The molecule has 6 heteroatoms. The van der Waals surface area contributed by atoms with Crippen molar-refractivity contribution in [1.82, 2.24) is 4.98 Å². The van der Waals surface area contributed by atoms with Gasteiger partial charge in [0.25, 0.3) is 5.69 Å². The molecule has 14 heavy (non-hydrogen) atoms. The first-order valence-corrected chi connectivity index (χ1v) is 4.33. The highest BCUT2D eigenvalue weighted by Crippen LogP contribution is 2.28. The normalized spacial score (nSPS) is 15.1. The summed E-state index contributed by atoms with van der Waals surface area (Å²) >= 11 is 0. The van der Waals surface area contributed by atoms with Crippen molar-refractivity contribution in [3.05, 3.63) is 22.4 Å². The molecule has 0 spiro atoms. The van der Waals surface area contributed by atoms with Gasteiger partial charge in [0, 0.05) is 12.1 Å². The van der Waals surface area contributed by atoms with Gasteiger partial charge in [-0.1, -0.05) is 0 Å². The van der Waals surface area contributed by atoms with Crippen LogP contribution in [-0.4, -0.2) is 15.9 Å². The van der Waals surface area contributed by atoms with Crippen molar-refractivity contribution in [1.29, 1.82) is 0 Å². The Bertz CT molecular complexity index is 376. The van der Waals surface area contributed by atoms with Gasteiger partial charge in [0.1, 0.15) is 12.0 Å². The highest BCUT2D eigenvalue weighted by atomic mass is 16.6. The minimum absolute atomic E-state index is 0.0798. The van der Waals surface area contributed by atoms with Crippen LogP contribution in [0.25, 0.3) is 0 Å². The minimum atomic E-state index is -0.510. The van der Waals surface area contributed by atoms with E-state index in [0.717, 1.165) is 12.8 Å². The molecule has 0 unspecified atom stereocenters. The van der Waals surface area contributed by atoms with Crippen molar-refractivity contribution >= 4 is 17.2 Å². The van der Waals surface area contributed by atoms with Gasteiger partial charge in [0.2, 0.25) is 0 Å². The van der Waals surface area contributed by atoms with E-state index in [1.54, 1.807) is 0 Å².